The van der Waals surface area contributed by atoms with Crippen LogP contribution in [0.1, 0.15) is 24.2 Å². The highest BCUT2D eigenvalue weighted by Gasteiger charge is 2.12. The summed E-state index contributed by atoms with van der Waals surface area (Å²) < 4.78 is 2.51. The van der Waals surface area contributed by atoms with Crippen molar-refractivity contribution in [3.8, 4) is 0 Å². The standard InChI is InChI=1S/C21H23N5OS/c1-3-25(4-2)12-11-22-20(27)14-9-10-15-17(13-14)24-21(28)26-18-8-6-5-7-16(18)23-19(15)26/h5-10,13H,3-4,11-12H2,1-2H3,(H,22,27)(H,24,28). The molecule has 0 aliphatic heterocycles. The number of benzene rings is 2. The molecule has 2 heterocycles. The van der Waals surface area contributed by atoms with Gasteiger partial charge in [0.1, 0.15) is 5.65 Å². The van der Waals surface area contributed by atoms with Gasteiger partial charge < -0.3 is 15.2 Å². The summed E-state index contributed by atoms with van der Waals surface area (Å²) in [5, 5.41) is 3.93. The predicted octanol–water partition coefficient (Wildman–Crippen LogP) is 3.77. The number of aromatic nitrogens is 3. The van der Waals surface area contributed by atoms with Gasteiger partial charge in [-0.05, 0) is 55.6 Å². The number of carbonyl (C=O) groups excluding carboxylic acids is 1. The summed E-state index contributed by atoms with van der Waals surface area (Å²) in [6.45, 7) is 7.67. The first kappa shape index (κ1) is 18.6. The van der Waals surface area contributed by atoms with Crippen molar-refractivity contribution in [2.24, 2.45) is 0 Å². The summed E-state index contributed by atoms with van der Waals surface area (Å²) in [4.78, 5) is 22.8. The third-order valence-corrected chi connectivity index (χ3v) is 5.42. The predicted molar refractivity (Wildman–Crippen MR) is 116 cm³/mol. The Morgan fingerprint density at radius 3 is 2.79 bits per heavy atom. The van der Waals surface area contributed by atoms with Gasteiger partial charge in [0.05, 0.1) is 16.6 Å². The number of hydrogen-bond acceptors (Lipinski definition) is 4. The van der Waals surface area contributed by atoms with Crippen LogP contribution >= 0.6 is 12.2 Å². The van der Waals surface area contributed by atoms with Crippen LogP contribution in [-0.4, -0.2) is 51.4 Å². The van der Waals surface area contributed by atoms with Crippen molar-refractivity contribution in [2.75, 3.05) is 26.2 Å². The van der Waals surface area contributed by atoms with Crippen LogP contribution in [0.25, 0.3) is 27.6 Å². The first-order valence-electron chi connectivity index (χ1n) is 9.56. The molecule has 4 rings (SSSR count). The SMILES string of the molecule is CCN(CC)CCNC(=O)c1ccc2c(c1)[nH]c(=S)n1c3ccccc3nc21. The first-order chi connectivity index (χ1) is 13.6. The van der Waals surface area contributed by atoms with Crippen molar-refractivity contribution in [3.63, 3.8) is 0 Å². The van der Waals surface area contributed by atoms with Gasteiger partial charge in [0.25, 0.3) is 5.91 Å². The average Bonchev–Trinajstić information content (AvgIpc) is 3.11. The molecule has 0 bridgehead atoms. The van der Waals surface area contributed by atoms with E-state index in [2.05, 4.69) is 29.0 Å². The minimum Gasteiger partial charge on any atom is -0.351 e. The van der Waals surface area contributed by atoms with Gasteiger partial charge in [0.2, 0.25) is 0 Å². The topological polar surface area (TPSA) is 65.4 Å². The number of nitrogens with one attached hydrogen (secondary N) is 2. The van der Waals surface area contributed by atoms with E-state index in [0.717, 1.165) is 47.2 Å². The zero-order chi connectivity index (χ0) is 19.7. The molecule has 28 heavy (non-hydrogen) atoms. The fourth-order valence-electron chi connectivity index (χ4n) is 3.54. The first-order valence-corrected chi connectivity index (χ1v) is 9.97. The highest BCUT2D eigenvalue weighted by atomic mass is 32.1. The van der Waals surface area contributed by atoms with Crippen LogP contribution in [0.5, 0.6) is 0 Å². The molecular weight excluding hydrogens is 370 g/mol. The molecule has 7 heteroatoms. The second-order valence-corrected chi connectivity index (χ2v) is 7.12. The van der Waals surface area contributed by atoms with Gasteiger partial charge in [-0.25, -0.2) is 4.98 Å². The molecular formula is C21H23N5OS. The van der Waals surface area contributed by atoms with Crippen LogP contribution in [0.3, 0.4) is 0 Å². The maximum Gasteiger partial charge on any atom is 0.251 e. The monoisotopic (exact) mass is 393 g/mol. The molecule has 1 amide bonds. The van der Waals surface area contributed by atoms with Crippen molar-refractivity contribution in [3.05, 3.63) is 52.8 Å². The lowest BCUT2D eigenvalue weighted by molar-refractivity contribution is 0.0949. The van der Waals surface area contributed by atoms with E-state index in [1.54, 1.807) is 0 Å². The van der Waals surface area contributed by atoms with Gasteiger partial charge in [0.15, 0.2) is 4.77 Å². The number of para-hydroxylation sites is 2. The zero-order valence-corrected chi connectivity index (χ0v) is 16.8. The molecule has 6 nitrogen and oxygen atoms in total. The Hall–Kier alpha value is -2.77. The summed E-state index contributed by atoms with van der Waals surface area (Å²) in [6.07, 6.45) is 0. The summed E-state index contributed by atoms with van der Waals surface area (Å²) in [5.74, 6) is -0.0817. The van der Waals surface area contributed by atoms with E-state index in [9.17, 15) is 4.79 Å². The second-order valence-electron chi connectivity index (χ2n) is 6.73. The highest BCUT2D eigenvalue weighted by molar-refractivity contribution is 7.71. The summed E-state index contributed by atoms with van der Waals surface area (Å²) in [7, 11) is 0. The van der Waals surface area contributed by atoms with Crippen molar-refractivity contribution < 1.29 is 4.79 Å². The minimum absolute atomic E-state index is 0.0817. The lowest BCUT2D eigenvalue weighted by Crippen LogP contribution is -2.34. The fourth-order valence-corrected chi connectivity index (χ4v) is 3.83. The molecule has 0 saturated carbocycles. The van der Waals surface area contributed by atoms with Crippen molar-refractivity contribution in [1.29, 1.82) is 0 Å². The third kappa shape index (κ3) is 3.27. The maximum absolute atomic E-state index is 12.5. The van der Waals surface area contributed by atoms with Gasteiger partial charge in [0, 0.05) is 24.0 Å². The van der Waals surface area contributed by atoms with Gasteiger partial charge in [-0.15, -0.1) is 0 Å². The molecule has 0 unspecified atom stereocenters. The number of likely N-dealkylation sites (N-methyl/N-ethyl adjacent to an activating group) is 1. The molecule has 0 aliphatic carbocycles. The molecule has 4 aromatic rings. The fraction of sp³-hybridized carbons (Fsp3) is 0.286. The zero-order valence-electron chi connectivity index (χ0n) is 16.0. The Balaban J connectivity index is 1.68. The molecule has 0 atom stereocenters. The van der Waals surface area contributed by atoms with Crippen LogP contribution < -0.4 is 5.32 Å². The molecule has 0 aliphatic rings. The summed E-state index contributed by atoms with van der Waals surface area (Å²) in [6, 6.07) is 13.5. The Labute approximate surface area is 168 Å². The number of fused-ring (bicyclic) bond motifs is 5. The van der Waals surface area contributed by atoms with Crippen molar-refractivity contribution >= 4 is 45.7 Å². The normalized spacial score (nSPS) is 11.7. The molecule has 2 aromatic heterocycles. The third-order valence-electron chi connectivity index (χ3n) is 5.14. The number of hydrogen-bond donors (Lipinski definition) is 2. The smallest absolute Gasteiger partial charge is 0.251 e. The molecule has 0 saturated heterocycles. The number of aromatic amines is 1. The van der Waals surface area contributed by atoms with Crippen molar-refractivity contribution in [1.82, 2.24) is 24.6 Å². The van der Waals surface area contributed by atoms with Gasteiger partial charge in [-0.2, -0.15) is 0 Å². The van der Waals surface area contributed by atoms with E-state index >= 15 is 0 Å². The maximum atomic E-state index is 12.5. The highest BCUT2D eigenvalue weighted by Crippen LogP contribution is 2.24. The van der Waals surface area contributed by atoms with Crippen LogP contribution in [0.2, 0.25) is 0 Å². The largest absolute Gasteiger partial charge is 0.351 e. The van der Waals surface area contributed by atoms with Gasteiger partial charge in [-0.3, -0.25) is 9.20 Å². The number of nitrogens with zero attached hydrogens (tertiary/aromatic N) is 3. The number of carbonyl (C=O) groups is 1. The van der Waals surface area contributed by atoms with E-state index in [-0.39, 0.29) is 5.91 Å². The van der Waals surface area contributed by atoms with E-state index in [1.807, 2.05) is 46.9 Å². The number of imidazole rings is 1. The quantitative estimate of drug-likeness (QED) is 0.490. The summed E-state index contributed by atoms with van der Waals surface area (Å²) in [5.41, 5.74) is 4.09. The van der Waals surface area contributed by atoms with E-state index in [4.69, 9.17) is 17.2 Å². The second kappa shape index (κ2) is 7.69. The molecule has 2 N–H and O–H groups in total. The number of H-pyrrole nitrogens is 1. The Morgan fingerprint density at radius 2 is 2.00 bits per heavy atom. The Morgan fingerprint density at radius 1 is 1.21 bits per heavy atom. The minimum atomic E-state index is -0.0817. The Bertz CT molecular complexity index is 1220. The molecule has 0 spiro atoms. The van der Waals surface area contributed by atoms with Gasteiger partial charge >= 0.3 is 0 Å². The molecule has 0 fully saturated rings. The van der Waals surface area contributed by atoms with Crippen LogP contribution in [0, 0.1) is 4.77 Å². The molecule has 0 radical (unpaired) electrons. The van der Waals surface area contributed by atoms with E-state index in [1.165, 1.54) is 0 Å². The molecule has 144 valence electrons. The average molecular weight is 394 g/mol. The Kier molecular flexibility index (Phi) is 5.11. The van der Waals surface area contributed by atoms with Gasteiger partial charge in [-0.1, -0.05) is 26.0 Å². The van der Waals surface area contributed by atoms with E-state index < -0.39 is 0 Å². The number of rotatable bonds is 6. The summed E-state index contributed by atoms with van der Waals surface area (Å²) >= 11 is 5.56. The lowest BCUT2D eigenvalue weighted by Gasteiger charge is -2.18. The van der Waals surface area contributed by atoms with Crippen LogP contribution in [0.4, 0.5) is 0 Å². The number of amides is 1. The lowest BCUT2D eigenvalue weighted by atomic mass is 10.1. The van der Waals surface area contributed by atoms with E-state index in [0.29, 0.717) is 16.9 Å². The van der Waals surface area contributed by atoms with Crippen LogP contribution in [0.15, 0.2) is 42.5 Å². The molecule has 2 aromatic carbocycles. The van der Waals surface area contributed by atoms with Crippen molar-refractivity contribution in [2.45, 2.75) is 13.8 Å². The van der Waals surface area contributed by atoms with Crippen LogP contribution in [-0.2, 0) is 0 Å².